The Kier molecular flexibility index (Phi) is 4.08. The van der Waals surface area contributed by atoms with Crippen molar-refractivity contribution in [2.45, 2.75) is 6.92 Å². The summed E-state index contributed by atoms with van der Waals surface area (Å²) in [6.45, 7) is 1.97. The standard InChI is InChI=1S/C19H18N2O3/c1-12-10-14(8-9-16(12)21(2)3)20-18(22)15-11-13-6-4-5-7-17(13)24-19(15)23/h4-11H,1-3H3,(H,20,22). The largest absolute Gasteiger partial charge is 0.422 e. The molecule has 0 aliphatic heterocycles. The van der Waals surface area contributed by atoms with Crippen LogP contribution < -0.4 is 15.8 Å². The molecule has 0 aliphatic carbocycles. The number of para-hydroxylation sites is 1. The summed E-state index contributed by atoms with van der Waals surface area (Å²) in [5.74, 6) is -0.480. The fourth-order valence-corrected chi connectivity index (χ4v) is 2.65. The second kappa shape index (κ2) is 6.20. The normalized spacial score (nSPS) is 10.6. The molecule has 1 heterocycles. The smallest absolute Gasteiger partial charge is 0.349 e. The van der Waals surface area contributed by atoms with Gasteiger partial charge in [-0.3, -0.25) is 4.79 Å². The van der Waals surface area contributed by atoms with Crippen molar-refractivity contribution in [3.05, 3.63) is 70.1 Å². The Labute approximate surface area is 139 Å². The van der Waals surface area contributed by atoms with Crippen molar-refractivity contribution in [1.29, 1.82) is 0 Å². The molecule has 5 nitrogen and oxygen atoms in total. The van der Waals surface area contributed by atoms with E-state index < -0.39 is 11.5 Å². The molecule has 1 amide bonds. The van der Waals surface area contributed by atoms with Gasteiger partial charge in [-0.1, -0.05) is 18.2 Å². The highest BCUT2D eigenvalue weighted by Crippen LogP contribution is 2.22. The molecule has 0 aliphatic rings. The second-order valence-corrected chi connectivity index (χ2v) is 5.84. The van der Waals surface area contributed by atoms with Crippen LogP contribution in [0.1, 0.15) is 15.9 Å². The van der Waals surface area contributed by atoms with Crippen molar-refractivity contribution in [3.63, 3.8) is 0 Å². The van der Waals surface area contributed by atoms with Gasteiger partial charge in [0.25, 0.3) is 5.91 Å². The minimum absolute atomic E-state index is 0.0111. The van der Waals surface area contributed by atoms with E-state index in [4.69, 9.17) is 4.42 Å². The fourth-order valence-electron chi connectivity index (χ4n) is 2.65. The van der Waals surface area contributed by atoms with E-state index >= 15 is 0 Å². The van der Waals surface area contributed by atoms with Crippen LogP contribution in [0.3, 0.4) is 0 Å². The van der Waals surface area contributed by atoms with Crippen LogP contribution in [0.2, 0.25) is 0 Å². The second-order valence-electron chi connectivity index (χ2n) is 5.84. The number of carbonyl (C=O) groups is 1. The number of benzene rings is 2. The van der Waals surface area contributed by atoms with Crippen LogP contribution in [0.25, 0.3) is 11.0 Å². The van der Waals surface area contributed by atoms with Gasteiger partial charge in [-0.2, -0.15) is 0 Å². The van der Waals surface area contributed by atoms with Crippen LogP contribution in [0.15, 0.2) is 57.7 Å². The third-order valence-electron chi connectivity index (χ3n) is 3.82. The Morgan fingerprint density at radius 3 is 2.54 bits per heavy atom. The van der Waals surface area contributed by atoms with Gasteiger partial charge in [0.2, 0.25) is 0 Å². The molecule has 2 aromatic carbocycles. The lowest BCUT2D eigenvalue weighted by Crippen LogP contribution is -2.20. The number of carbonyl (C=O) groups excluding carboxylic acids is 1. The van der Waals surface area contributed by atoms with Gasteiger partial charge < -0.3 is 14.6 Å². The maximum Gasteiger partial charge on any atom is 0.349 e. The van der Waals surface area contributed by atoms with E-state index in [1.54, 1.807) is 24.3 Å². The summed E-state index contributed by atoms with van der Waals surface area (Å²) < 4.78 is 5.20. The van der Waals surface area contributed by atoms with Crippen LogP contribution >= 0.6 is 0 Å². The molecule has 3 aromatic rings. The minimum Gasteiger partial charge on any atom is -0.422 e. The first kappa shape index (κ1) is 15.8. The van der Waals surface area contributed by atoms with Crippen LogP contribution in [-0.4, -0.2) is 20.0 Å². The molecule has 24 heavy (non-hydrogen) atoms. The van der Waals surface area contributed by atoms with Gasteiger partial charge in [-0.05, 0) is 42.8 Å². The molecule has 1 aromatic heterocycles. The first-order valence-corrected chi connectivity index (χ1v) is 7.58. The predicted octanol–water partition coefficient (Wildman–Crippen LogP) is 3.42. The SMILES string of the molecule is Cc1cc(NC(=O)c2cc3ccccc3oc2=O)ccc1N(C)C. The number of rotatable bonds is 3. The van der Waals surface area contributed by atoms with Crippen LogP contribution in [0, 0.1) is 6.92 Å². The topological polar surface area (TPSA) is 62.6 Å². The number of hydrogen-bond donors (Lipinski definition) is 1. The molecular weight excluding hydrogens is 304 g/mol. The zero-order chi connectivity index (χ0) is 17.3. The molecule has 0 fully saturated rings. The average molecular weight is 322 g/mol. The zero-order valence-electron chi connectivity index (χ0n) is 13.8. The summed E-state index contributed by atoms with van der Waals surface area (Å²) in [5.41, 5.74) is 2.54. The fraction of sp³-hybridized carbons (Fsp3) is 0.158. The maximum absolute atomic E-state index is 12.4. The van der Waals surface area contributed by atoms with E-state index in [9.17, 15) is 9.59 Å². The first-order chi connectivity index (χ1) is 11.5. The van der Waals surface area contributed by atoms with Gasteiger partial charge in [0.1, 0.15) is 11.1 Å². The molecule has 1 N–H and O–H groups in total. The van der Waals surface area contributed by atoms with E-state index in [1.165, 1.54) is 0 Å². The van der Waals surface area contributed by atoms with Gasteiger partial charge in [-0.25, -0.2) is 4.79 Å². The Balaban J connectivity index is 1.91. The van der Waals surface area contributed by atoms with Crippen molar-refractivity contribution in [3.8, 4) is 0 Å². The number of fused-ring (bicyclic) bond motifs is 1. The molecule has 5 heteroatoms. The maximum atomic E-state index is 12.4. The lowest BCUT2D eigenvalue weighted by Gasteiger charge is -2.16. The Morgan fingerprint density at radius 1 is 1.08 bits per heavy atom. The van der Waals surface area contributed by atoms with Crippen molar-refractivity contribution < 1.29 is 9.21 Å². The van der Waals surface area contributed by atoms with Crippen molar-refractivity contribution in [1.82, 2.24) is 0 Å². The highest BCUT2D eigenvalue weighted by atomic mass is 16.4. The van der Waals surface area contributed by atoms with Gasteiger partial charge in [0.05, 0.1) is 0 Å². The van der Waals surface area contributed by atoms with Gasteiger partial charge in [0, 0.05) is 30.9 Å². The molecule has 0 saturated carbocycles. The summed E-state index contributed by atoms with van der Waals surface area (Å²) in [4.78, 5) is 26.5. The Hall–Kier alpha value is -3.08. The molecule has 0 spiro atoms. The molecule has 0 unspecified atom stereocenters. The summed E-state index contributed by atoms with van der Waals surface area (Å²) >= 11 is 0. The molecule has 0 bridgehead atoms. The number of hydrogen-bond acceptors (Lipinski definition) is 4. The number of nitrogens with zero attached hydrogens (tertiary/aromatic N) is 1. The lowest BCUT2D eigenvalue weighted by molar-refractivity contribution is 0.102. The summed E-state index contributed by atoms with van der Waals surface area (Å²) in [6, 6.07) is 14.3. The number of anilines is 2. The Bertz CT molecular complexity index is 974. The minimum atomic E-state index is -0.646. The van der Waals surface area contributed by atoms with Crippen LogP contribution in [0.4, 0.5) is 11.4 Å². The molecular formula is C19H18N2O3. The van der Waals surface area contributed by atoms with Crippen molar-refractivity contribution in [2.24, 2.45) is 0 Å². The quantitative estimate of drug-likeness (QED) is 0.751. The average Bonchev–Trinajstić information content (AvgIpc) is 2.53. The van der Waals surface area contributed by atoms with E-state index in [0.29, 0.717) is 16.7 Å². The van der Waals surface area contributed by atoms with Gasteiger partial charge >= 0.3 is 5.63 Å². The molecule has 0 saturated heterocycles. The number of amides is 1. The molecule has 0 atom stereocenters. The van der Waals surface area contributed by atoms with E-state index in [0.717, 1.165) is 11.3 Å². The zero-order valence-corrected chi connectivity index (χ0v) is 13.8. The van der Waals surface area contributed by atoms with Crippen molar-refractivity contribution in [2.75, 3.05) is 24.3 Å². The molecule has 122 valence electrons. The lowest BCUT2D eigenvalue weighted by atomic mass is 10.1. The third-order valence-corrected chi connectivity index (χ3v) is 3.82. The van der Waals surface area contributed by atoms with Gasteiger partial charge in [-0.15, -0.1) is 0 Å². The summed E-state index contributed by atoms with van der Waals surface area (Å²) in [6.07, 6.45) is 0. The number of nitrogens with one attached hydrogen (secondary N) is 1. The van der Waals surface area contributed by atoms with E-state index in [1.807, 2.05) is 50.2 Å². The van der Waals surface area contributed by atoms with E-state index in [-0.39, 0.29) is 5.56 Å². The monoisotopic (exact) mass is 322 g/mol. The van der Waals surface area contributed by atoms with Gasteiger partial charge in [0.15, 0.2) is 0 Å². The van der Waals surface area contributed by atoms with Crippen molar-refractivity contribution >= 4 is 28.3 Å². The summed E-state index contributed by atoms with van der Waals surface area (Å²) in [7, 11) is 3.92. The number of aryl methyl sites for hydroxylation is 1. The third kappa shape index (κ3) is 3.01. The van der Waals surface area contributed by atoms with E-state index in [2.05, 4.69) is 5.32 Å². The highest BCUT2D eigenvalue weighted by molar-refractivity contribution is 6.05. The predicted molar refractivity (Wildman–Crippen MR) is 95.9 cm³/mol. The van der Waals surface area contributed by atoms with Crippen LogP contribution in [0.5, 0.6) is 0 Å². The summed E-state index contributed by atoms with van der Waals surface area (Å²) in [5, 5.41) is 3.46. The first-order valence-electron chi connectivity index (χ1n) is 7.58. The molecule has 3 rings (SSSR count). The highest BCUT2D eigenvalue weighted by Gasteiger charge is 2.14. The Morgan fingerprint density at radius 2 is 1.83 bits per heavy atom. The molecule has 0 radical (unpaired) electrons. The van der Waals surface area contributed by atoms with Crippen LogP contribution in [-0.2, 0) is 0 Å².